The van der Waals surface area contributed by atoms with Gasteiger partial charge in [0, 0.05) is 11.0 Å². The first kappa shape index (κ1) is 17.1. The second kappa shape index (κ2) is 7.42. The van der Waals surface area contributed by atoms with Crippen LogP contribution in [0.3, 0.4) is 0 Å². The molecule has 0 aromatic heterocycles. The molecule has 2 aromatic rings. The number of rotatable bonds is 5. The molecule has 0 atom stereocenters. The number of fused-ring (bicyclic) bond motifs is 1. The van der Waals surface area contributed by atoms with E-state index in [0.717, 1.165) is 21.5 Å². The van der Waals surface area contributed by atoms with E-state index >= 15 is 0 Å². The fourth-order valence-electron chi connectivity index (χ4n) is 2.43. The van der Waals surface area contributed by atoms with Crippen LogP contribution in [0, 0.1) is 0 Å². The number of halogens is 2. The number of benzene rings is 2. The summed E-state index contributed by atoms with van der Waals surface area (Å²) in [5.41, 5.74) is 1.65. The van der Waals surface area contributed by atoms with Gasteiger partial charge in [-0.25, -0.2) is 0 Å². The summed E-state index contributed by atoms with van der Waals surface area (Å²) in [6.07, 6.45) is 0. The Morgan fingerprint density at radius 3 is 2.83 bits per heavy atom. The van der Waals surface area contributed by atoms with Crippen molar-refractivity contribution in [3.05, 3.63) is 51.5 Å². The van der Waals surface area contributed by atoms with Crippen molar-refractivity contribution in [2.45, 2.75) is 6.54 Å². The Morgan fingerprint density at radius 2 is 2.04 bits per heavy atom. The number of carbonyl (C=O) groups excluding carboxylic acids is 1. The molecule has 1 amide bonds. The molecule has 24 heavy (non-hydrogen) atoms. The van der Waals surface area contributed by atoms with E-state index in [1.54, 1.807) is 12.1 Å². The average Bonchev–Trinajstić information content (AvgIpc) is 2.97. The molecule has 0 radical (unpaired) electrons. The molecule has 126 valence electrons. The van der Waals surface area contributed by atoms with Crippen molar-refractivity contribution in [3.8, 4) is 11.5 Å². The summed E-state index contributed by atoms with van der Waals surface area (Å²) in [6, 6.07) is 11.1. The van der Waals surface area contributed by atoms with E-state index in [2.05, 4.69) is 21.2 Å². The normalized spacial score (nSPS) is 12.5. The second-order valence-corrected chi connectivity index (χ2v) is 6.86. The van der Waals surface area contributed by atoms with Crippen molar-refractivity contribution >= 4 is 39.1 Å². The first-order chi connectivity index (χ1) is 11.5. The lowest BCUT2D eigenvalue weighted by molar-refractivity contribution is -0.117. The van der Waals surface area contributed by atoms with Crippen LogP contribution in [-0.4, -0.2) is 31.2 Å². The zero-order chi connectivity index (χ0) is 17.1. The number of amides is 1. The van der Waals surface area contributed by atoms with Crippen LogP contribution in [0.25, 0.3) is 0 Å². The van der Waals surface area contributed by atoms with Crippen LogP contribution in [0.15, 0.2) is 40.9 Å². The minimum absolute atomic E-state index is 0.123. The molecular formula is C17H16BrClN2O3. The van der Waals surface area contributed by atoms with Gasteiger partial charge in [0.05, 0.1) is 17.3 Å². The number of hydrogen-bond acceptors (Lipinski definition) is 4. The molecule has 1 aliphatic heterocycles. The molecule has 0 saturated carbocycles. The molecule has 5 nitrogen and oxygen atoms in total. The lowest BCUT2D eigenvalue weighted by Crippen LogP contribution is -2.29. The van der Waals surface area contributed by atoms with Gasteiger partial charge in [0.15, 0.2) is 11.5 Å². The third-order valence-electron chi connectivity index (χ3n) is 3.51. The van der Waals surface area contributed by atoms with Crippen molar-refractivity contribution in [2.75, 3.05) is 25.7 Å². The van der Waals surface area contributed by atoms with Gasteiger partial charge in [-0.05, 0) is 42.9 Å². The lowest BCUT2D eigenvalue weighted by Gasteiger charge is -2.17. The maximum Gasteiger partial charge on any atom is 0.238 e. The molecule has 2 aromatic carbocycles. The predicted molar refractivity (Wildman–Crippen MR) is 96.7 cm³/mol. The summed E-state index contributed by atoms with van der Waals surface area (Å²) in [5.74, 6) is 1.37. The van der Waals surface area contributed by atoms with E-state index in [9.17, 15) is 4.79 Å². The van der Waals surface area contributed by atoms with E-state index in [-0.39, 0.29) is 19.2 Å². The number of anilines is 1. The Morgan fingerprint density at radius 1 is 1.25 bits per heavy atom. The molecule has 0 saturated heterocycles. The number of hydrogen-bond donors (Lipinski definition) is 1. The summed E-state index contributed by atoms with van der Waals surface area (Å²) in [6.45, 7) is 1.13. The number of carbonyl (C=O) groups is 1. The molecule has 3 rings (SSSR count). The van der Waals surface area contributed by atoms with Crippen LogP contribution in [0.2, 0.25) is 5.02 Å². The van der Waals surface area contributed by atoms with E-state index in [4.69, 9.17) is 21.1 Å². The van der Waals surface area contributed by atoms with Crippen LogP contribution >= 0.6 is 27.5 Å². The van der Waals surface area contributed by atoms with Crippen molar-refractivity contribution in [2.24, 2.45) is 0 Å². The summed E-state index contributed by atoms with van der Waals surface area (Å²) in [4.78, 5) is 14.1. The zero-order valence-corrected chi connectivity index (χ0v) is 15.4. The van der Waals surface area contributed by atoms with Crippen LogP contribution in [0.4, 0.5) is 5.69 Å². The predicted octanol–water partition coefficient (Wildman–Crippen LogP) is 3.90. The van der Waals surface area contributed by atoms with Crippen molar-refractivity contribution in [3.63, 3.8) is 0 Å². The first-order valence-corrected chi connectivity index (χ1v) is 8.50. The molecular weight excluding hydrogens is 396 g/mol. The van der Waals surface area contributed by atoms with E-state index in [1.807, 2.05) is 36.2 Å². The van der Waals surface area contributed by atoms with Gasteiger partial charge in [-0.3, -0.25) is 9.69 Å². The quantitative estimate of drug-likeness (QED) is 0.811. The average molecular weight is 412 g/mol. The smallest absolute Gasteiger partial charge is 0.238 e. The molecule has 0 spiro atoms. The molecule has 1 N–H and O–H groups in total. The fraction of sp³-hybridized carbons (Fsp3) is 0.235. The third-order valence-corrected chi connectivity index (χ3v) is 4.31. The maximum absolute atomic E-state index is 12.2. The standard InChI is InChI=1S/C17H16BrClN2O3/c1-21(8-11-2-5-15-16(6-11)24-10-23-15)9-17(22)20-14-4-3-12(18)7-13(14)19/h2-7H,8-10H2,1H3,(H,20,22). The van der Waals surface area contributed by atoms with Gasteiger partial charge in [0.25, 0.3) is 0 Å². The maximum atomic E-state index is 12.2. The molecule has 1 aliphatic rings. The highest BCUT2D eigenvalue weighted by Gasteiger charge is 2.15. The highest BCUT2D eigenvalue weighted by Crippen LogP contribution is 2.32. The Bertz CT molecular complexity index is 769. The summed E-state index contributed by atoms with van der Waals surface area (Å²) in [7, 11) is 1.88. The number of nitrogens with zero attached hydrogens (tertiary/aromatic N) is 1. The fourth-order valence-corrected chi connectivity index (χ4v) is 3.15. The van der Waals surface area contributed by atoms with Gasteiger partial charge in [0.1, 0.15) is 0 Å². The first-order valence-electron chi connectivity index (χ1n) is 7.33. The Kier molecular flexibility index (Phi) is 5.28. The Hall–Kier alpha value is -1.76. The van der Waals surface area contributed by atoms with Gasteiger partial charge in [-0.2, -0.15) is 0 Å². The van der Waals surface area contributed by atoms with Gasteiger partial charge < -0.3 is 14.8 Å². The van der Waals surface area contributed by atoms with E-state index < -0.39 is 0 Å². The van der Waals surface area contributed by atoms with Crippen LogP contribution in [0.1, 0.15) is 5.56 Å². The van der Waals surface area contributed by atoms with Crippen molar-refractivity contribution in [1.82, 2.24) is 4.90 Å². The zero-order valence-electron chi connectivity index (χ0n) is 13.0. The summed E-state index contributed by atoms with van der Waals surface area (Å²) in [5, 5.41) is 3.31. The van der Waals surface area contributed by atoms with Gasteiger partial charge in [-0.15, -0.1) is 0 Å². The number of likely N-dealkylation sites (N-methyl/N-ethyl adjacent to an activating group) is 1. The third kappa shape index (κ3) is 4.20. The SMILES string of the molecule is CN(CC(=O)Nc1ccc(Br)cc1Cl)Cc1ccc2c(c1)OCO2. The minimum Gasteiger partial charge on any atom is -0.454 e. The highest BCUT2D eigenvalue weighted by atomic mass is 79.9. The second-order valence-electron chi connectivity index (χ2n) is 5.53. The summed E-state index contributed by atoms with van der Waals surface area (Å²) >= 11 is 9.45. The van der Waals surface area contributed by atoms with Gasteiger partial charge >= 0.3 is 0 Å². The Labute approximate surface area is 153 Å². The van der Waals surface area contributed by atoms with Gasteiger partial charge in [0.2, 0.25) is 12.7 Å². The monoisotopic (exact) mass is 410 g/mol. The van der Waals surface area contributed by atoms with E-state index in [1.165, 1.54) is 0 Å². The number of ether oxygens (including phenoxy) is 2. The van der Waals surface area contributed by atoms with Crippen molar-refractivity contribution < 1.29 is 14.3 Å². The number of nitrogens with one attached hydrogen (secondary N) is 1. The minimum atomic E-state index is -0.123. The Balaban J connectivity index is 1.56. The van der Waals surface area contributed by atoms with E-state index in [0.29, 0.717) is 17.3 Å². The molecule has 0 bridgehead atoms. The summed E-state index contributed by atoms with van der Waals surface area (Å²) < 4.78 is 11.5. The topological polar surface area (TPSA) is 50.8 Å². The molecule has 0 aliphatic carbocycles. The van der Waals surface area contributed by atoms with Crippen LogP contribution in [0.5, 0.6) is 11.5 Å². The van der Waals surface area contributed by atoms with Crippen LogP contribution in [-0.2, 0) is 11.3 Å². The molecule has 1 heterocycles. The van der Waals surface area contributed by atoms with Crippen LogP contribution < -0.4 is 14.8 Å². The molecule has 0 fully saturated rings. The van der Waals surface area contributed by atoms with Crippen molar-refractivity contribution in [1.29, 1.82) is 0 Å². The van der Waals surface area contributed by atoms with Gasteiger partial charge in [-0.1, -0.05) is 33.6 Å². The molecule has 7 heteroatoms. The largest absolute Gasteiger partial charge is 0.454 e. The molecule has 0 unspecified atom stereocenters. The highest BCUT2D eigenvalue weighted by molar-refractivity contribution is 9.10. The lowest BCUT2D eigenvalue weighted by atomic mass is 10.2.